The van der Waals surface area contributed by atoms with Crippen LogP contribution in [-0.4, -0.2) is 16.2 Å². The van der Waals surface area contributed by atoms with Gasteiger partial charge >= 0.3 is 0 Å². The maximum absolute atomic E-state index is 9.67. The Hall–Kier alpha value is -0.500. The SMILES string of the molecule is CC1C(O)=CC(C)(C)NC1(C)C. The van der Waals surface area contributed by atoms with E-state index in [9.17, 15) is 5.11 Å². The number of hydrogen-bond acceptors (Lipinski definition) is 2. The first kappa shape index (κ1) is 9.59. The summed E-state index contributed by atoms with van der Waals surface area (Å²) in [6.07, 6.45) is 1.89. The zero-order valence-electron chi connectivity index (χ0n) is 8.60. The molecule has 0 aromatic rings. The Kier molecular flexibility index (Phi) is 1.99. The summed E-state index contributed by atoms with van der Waals surface area (Å²) in [6, 6.07) is 0. The molecule has 1 unspecified atom stereocenters. The fourth-order valence-corrected chi connectivity index (χ4v) is 1.84. The Bertz CT molecular complexity index is 216. The quantitative estimate of drug-likeness (QED) is 0.583. The first-order valence-corrected chi connectivity index (χ1v) is 4.46. The smallest absolute Gasteiger partial charge is 0.0947 e. The molecule has 0 fully saturated rings. The van der Waals surface area contributed by atoms with Gasteiger partial charge in [-0.25, -0.2) is 0 Å². The van der Waals surface area contributed by atoms with E-state index in [2.05, 4.69) is 33.0 Å². The van der Waals surface area contributed by atoms with Crippen molar-refractivity contribution in [1.82, 2.24) is 5.32 Å². The summed E-state index contributed by atoms with van der Waals surface area (Å²) in [7, 11) is 0. The van der Waals surface area contributed by atoms with E-state index in [4.69, 9.17) is 0 Å². The summed E-state index contributed by atoms with van der Waals surface area (Å²) in [5, 5.41) is 13.1. The minimum atomic E-state index is -0.0971. The van der Waals surface area contributed by atoms with E-state index >= 15 is 0 Å². The summed E-state index contributed by atoms with van der Waals surface area (Å²) in [4.78, 5) is 0. The van der Waals surface area contributed by atoms with Crippen LogP contribution in [0.4, 0.5) is 0 Å². The fraction of sp³-hybridized carbons (Fsp3) is 0.800. The molecule has 1 rings (SSSR count). The van der Waals surface area contributed by atoms with Gasteiger partial charge in [0.05, 0.1) is 5.76 Å². The van der Waals surface area contributed by atoms with Crippen LogP contribution >= 0.6 is 0 Å². The van der Waals surface area contributed by atoms with Crippen molar-refractivity contribution in [2.45, 2.75) is 45.7 Å². The molecule has 0 amide bonds. The zero-order chi connectivity index (χ0) is 9.57. The monoisotopic (exact) mass is 169 g/mol. The minimum Gasteiger partial charge on any atom is -0.512 e. The highest BCUT2D eigenvalue weighted by molar-refractivity contribution is 5.18. The maximum atomic E-state index is 9.67. The molecule has 0 aromatic carbocycles. The highest BCUT2D eigenvalue weighted by atomic mass is 16.3. The second-order valence-electron chi connectivity index (χ2n) is 4.86. The van der Waals surface area contributed by atoms with Gasteiger partial charge in [0.1, 0.15) is 0 Å². The first-order valence-electron chi connectivity index (χ1n) is 4.46. The first-order chi connectivity index (χ1) is 5.25. The molecule has 2 N–H and O–H groups in total. The van der Waals surface area contributed by atoms with Crippen LogP contribution in [0, 0.1) is 5.92 Å². The molecule has 0 bridgehead atoms. The van der Waals surface area contributed by atoms with Gasteiger partial charge in [-0.1, -0.05) is 6.92 Å². The standard InChI is InChI=1S/C10H19NO/c1-7-8(12)6-9(2,3)11-10(7,4)5/h6-7,11-12H,1-5H3. The molecule has 1 atom stereocenters. The van der Waals surface area contributed by atoms with Crippen LogP contribution in [0.3, 0.4) is 0 Å². The van der Waals surface area contributed by atoms with Gasteiger partial charge in [-0.15, -0.1) is 0 Å². The highest BCUT2D eigenvalue weighted by Gasteiger charge is 2.37. The molecule has 0 saturated carbocycles. The van der Waals surface area contributed by atoms with E-state index in [0.717, 1.165) is 0 Å². The third-order valence-corrected chi connectivity index (χ3v) is 2.68. The van der Waals surface area contributed by atoms with Crippen molar-refractivity contribution < 1.29 is 5.11 Å². The van der Waals surface area contributed by atoms with Crippen molar-refractivity contribution in [2.24, 2.45) is 5.92 Å². The number of rotatable bonds is 0. The summed E-state index contributed by atoms with van der Waals surface area (Å²) in [6.45, 7) is 10.4. The third-order valence-electron chi connectivity index (χ3n) is 2.68. The number of aliphatic hydroxyl groups excluding tert-OH is 1. The Labute approximate surface area is 74.7 Å². The lowest BCUT2D eigenvalue weighted by Crippen LogP contribution is -2.58. The third kappa shape index (κ3) is 1.63. The Morgan fingerprint density at radius 2 is 1.83 bits per heavy atom. The zero-order valence-corrected chi connectivity index (χ0v) is 8.60. The highest BCUT2D eigenvalue weighted by Crippen LogP contribution is 2.31. The van der Waals surface area contributed by atoms with Gasteiger partial charge in [0.2, 0.25) is 0 Å². The molecule has 12 heavy (non-hydrogen) atoms. The largest absolute Gasteiger partial charge is 0.512 e. The summed E-state index contributed by atoms with van der Waals surface area (Å²) in [5.74, 6) is 0.689. The van der Waals surface area contributed by atoms with E-state index in [1.165, 1.54) is 0 Å². The van der Waals surface area contributed by atoms with Gasteiger partial charge in [0.15, 0.2) is 0 Å². The summed E-state index contributed by atoms with van der Waals surface area (Å²) >= 11 is 0. The lowest BCUT2D eigenvalue weighted by atomic mass is 9.79. The van der Waals surface area contributed by atoms with Crippen molar-refractivity contribution in [3.05, 3.63) is 11.8 Å². The van der Waals surface area contributed by atoms with Gasteiger partial charge < -0.3 is 10.4 Å². The molecule has 0 aromatic heterocycles. The molecule has 2 nitrogen and oxygen atoms in total. The molecule has 0 spiro atoms. The van der Waals surface area contributed by atoms with Gasteiger partial charge in [0, 0.05) is 17.0 Å². The average Bonchev–Trinajstić information content (AvgIpc) is 1.79. The van der Waals surface area contributed by atoms with Crippen LogP contribution in [0.5, 0.6) is 0 Å². The molecule has 1 aliphatic heterocycles. The van der Waals surface area contributed by atoms with Crippen molar-refractivity contribution >= 4 is 0 Å². The predicted octanol–water partition coefficient (Wildman–Crippen LogP) is 2.22. The van der Waals surface area contributed by atoms with Gasteiger partial charge in [0.25, 0.3) is 0 Å². The van der Waals surface area contributed by atoms with E-state index in [1.807, 2.05) is 13.0 Å². The van der Waals surface area contributed by atoms with Crippen LogP contribution in [0.25, 0.3) is 0 Å². The molecular weight excluding hydrogens is 150 g/mol. The van der Waals surface area contributed by atoms with Crippen molar-refractivity contribution in [1.29, 1.82) is 0 Å². The normalized spacial score (nSPS) is 32.8. The average molecular weight is 169 g/mol. The molecule has 2 heteroatoms. The van der Waals surface area contributed by atoms with Gasteiger partial charge in [-0.2, -0.15) is 0 Å². The number of nitrogens with one attached hydrogen (secondary N) is 1. The minimum absolute atomic E-state index is 0.0255. The molecule has 0 radical (unpaired) electrons. The maximum Gasteiger partial charge on any atom is 0.0947 e. The fourth-order valence-electron chi connectivity index (χ4n) is 1.84. The second kappa shape index (κ2) is 2.49. The topological polar surface area (TPSA) is 32.3 Å². The molecule has 0 saturated heterocycles. The van der Waals surface area contributed by atoms with Crippen LogP contribution in [-0.2, 0) is 0 Å². The van der Waals surface area contributed by atoms with Crippen LogP contribution in [0.2, 0.25) is 0 Å². The van der Waals surface area contributed by atoms with E-state index < -0.39 is 0 Å². The summed E-state index contributed by atoms with van der Waals surface area (Å²) < 4.78 is 0. The second-order valence-corrected chi connectivity index (χ2v) is 4.86. The van der Waals surface area contributed by atoms with Gasteiger partial charge in [-0.05, 0) is 33.8 Å². The van der Waals surface area contributed by atoms with Crippen LogP contribution < -0.4 is 5.32 Å². The summed E-state index contributed by atoms with van der Waals surface area (Å²) in [5.41, 5.74) is -0.123. The molecule has 1 aliphatic rings. The molecular formula is C10H19NO. The van der Waals surface area contributed by atoms with Crippen molar-refractivity contribution in [3.63, 3.8) is 0 Å². The number of aliphatic hydroxyl groups is 1. The van der Waals surface area contributed by atoms with E-state index in [1.54, 1.807) is 0 Å². The molecule has 70 valence electrons. The Morgan fingerprint density at radius 3 is 2.25 bits per heavy atom. The lowest BCUT2D eigenvalue weighted by Gasteiger charge is -2.44. The number of hydrogen-bond donors (Lipinski definition) is 2. The predicted molar refractivity (Wildman–Crippen MR) is 51.2 cm³/mol. The van der Waals surface area contributed by atoms with Gasteiger partial charge in [-0.3, -0.25) is 0 Å². The van der Waals surface area contributed by atoms with E-state index in [-0.39, 0.29) is 17.0 Å². The van der Waals surface area contributed by atoms with Crippen LogP contribution in [0.1, 0.15) is 34.6 Å². The molecule has 1 heterocycles. The van der Waals surface area contributed by atoms with Crippen molar-refractivity contribution in [3.8, 4) is 0 Å². The van der Waals surface area contributed by atoms with Crippen molar-refractivity contribution in [2.75, 3.05) is 0 Å². The molecule has 0 aliphatic carbocycles. The Morgan fingerprint density at radius 1 is 1.33 bits per heavy atom. The van der Waals surface area contributed by atoms with E-state index in [0.29, 0.717) is 5.76 Å². The lowest BCUT2D eigenvalue weighted by molar-refractivity contribution is 0.167. The van der Waals surface area contributed by atoms with Crippen LogP contribution in [0.15, 0.2) is 11.8 Å². The Balaban J connectivity index is 3.00.